The van der Waals surface area contributed by atoms with Crippen molar-refractivity contribution < 1.29 is 9.59 Å². The Balaban J connectivity index is 2.16. The molecule has 2 rings (SSSR count). The van der Waals surface area contributed by atoms with E-state index in [1.54, 1.807) is 0 Å². The van der Waals surface area contributed by atoms with Gasteiger partial charge in [0.2, 0.25) is 11.8 Å². The zero-order chi connectivity index (χ0) is 13.5. The molecule has 1 aliphatic heterocycles. The molecule has 1 saturated heterocycles. The van der Waals surface area contributed by atoms with Gasteiger partial charge >= 0.3 is 0 Å². The molecular weight excluding hydrogens is 228 g/mol. The minimum atomic E-state index is -0.289. The third-order valence-corrected chi connectivity index (χ3v) is 4.57. The van der Waals surface area contributed by atoms with Crippen LogP contribution in [0.1, 0.15) is 40.5 Å². The fourth-order valence-electron chi connectivity index (χ4n) is 2.93. The van der Waals surface area contributed by atoms with Crippen LogP contribution in [0.2, 0.25) is 0 Å². The summed E-state index contributed by atoms with van der Waals surface area (Å²) in [6.45, 7) is 9.35. The van der Waals surface area contributed by atoms with Gasteiger partial charge in [0.1, 0.15) is 6.04 Å². The van der Waals surface area contributed by atoms with Gasteiger partial charge in [-0.3, -0.25) is 9.59 Å². The Hall–Kier alpha value is -1.06. The van der Waals surface area contributed by atoms with Gasteiger partial charge in [0.25, 0.3) is 0 Å². The summed E-state index contributed by atoms with van der Waals surface area (Å²) >= 11 is 0. The van der Waals surface area contributed by atoms with Crippen molar-refractivity contribution in [2.75, 3.05) is 13.1 Å². The predicted molar refractivity (Wildman–Crippen MR) is 69.9 cm³/mol. The molecule has 102 valence electrons. The second-order valence-electron chi connectivity index (χ2n) is 6.45. The summed E-state index contributed by atoms with van der Waals surface area (Å²) in [6, 6.07) is -0.289. The number of hydrogen-bond donors (Lipinski definition) is 1. The Kier molecular flexibility index (Phi) is 3.39. The van der Waals surface area contributed by atoms with Crippen molar-refractivity contribution in [3.63, 3.8) is 0 Å². The van der Waals surface area contributed by atoms with Crippen molar-refractivity contribution in [1.29, 1.82) is 0 Å². The number of carbonyl (C=O) groups is 2. The lowest BCUT2D eigenvalue weighted by Gasteiger charge is -2.40. The number of nitrogens with zero attached hydrogens (tertiary/aromatic N) is 1. The first kappa shape index (κ1) is 13.4. The molecule has 1 saturated carbocycles. The van der Waals surface area contributed by atoms with Gasteiger partial charge in [-0.15, -0.1) is 0 Å². The van der Waals surface area contributed by atoms with Crippen LogP contribution in [-0.4, -0.2) is 35.8 Å². The van der Waals surface area contributed by atoms with Crippen LogP contribution < -0.4 is 5.32 Å². The van der Waals surface area contributed by atoms with Gasteiger partial charge in [-0.05, 0) is 30.1 Å². The zero-order valence-corrected chi connectivity index (χ0v) is 11.8. The van der Waals surface area contributed by atoms with E-state index in [9.17, 15) is 9.59 Å². The molecule has 0 aromatic heterocycles. The second-order valence-corrected chi connectivity index (χ2v) is 6.45. The summed E-state index contributed by atoms with van der Waals surface area (Å²) in [6.07, 6.45) is 2.36. The maximum absolute atomic E-state index is 12.1. The molecule has 2 fully saturated rings. The molecule has 4 nitrogen and oxygen atoms in total. The van der Waals surface area contributed by atoms with E-state index in [4.69, 9.17) is 0 Å². The lowest BCUT2D eigenvalue weighted by Crippen LogP contribution is -2.61. The number of nitrogens with one attached hydrogen (secondary N) is 1. The lowest BCUT2D eigenvalue weighted by molar-refractivity contribution is -0.148. The van der Waals surface area contributed by atoms with E-state index in [2.05, 4.69) is 19.2 Å². The summed E-state index contributed by atoms with van der Waals surface area (Å²) in [5, 5.41) is 2.70. The minimum absolute atomic E-state index is 0.00385. The molecule has 1 heterocycles. The fourth-order valence-corrected chi connectivity index (χ4v) is 2.93. The van der Waals surface area contributed by atoms with Crippen molar-refractivity contribution in [3.05, 3.63) is 0 Å². The highest BCUT2D eigenvalue weighted by Gasteiger charge is 2.50. The Morgan fingerprint density at radius 2 is 1.89 bits per heavy atom. The third-order valence-electron chi connectivity index (χ3n) is 4.57. The molecule has 1 unspecified atom stereocenters. The summed E-state index contributed by atoms with van der Waals surface area (Å²) in [4.78, 5) is 25.9. The monoisotopic (exact) mass is 252 g/mol. The highest BCUT2D eigenvalue weighted by Crippen LogP contribution is 2.52. The van der Waals surface area contributed by atoms with Gasteiger partial charge in [0, 0.05) is 6.54 Å². The Morgan fingerprint density at radius 1 is 1.28 bits per heavy atom. The highest BCUT2D eigenvalue weighted by molar-refractivity contribution is 5.95. The molecule has 4 heteroatoms. The first-order valence-corrected chi connectivity index (χ1v) is 6.94. The lowest BCUT2D eigenvalue weighted by atomic mass is 9.89. The van der Waals surface area contributed by atoms with E-state index in [0.717, 1.165) is 6.54 Å². The number of amides is 2. The van der Waals surface area contributed by atoms with Crippen LogP contribution in [0.15, 0.2) is 0 Å². The van der Waals surface area contributed by atoms with Gasteiger partial charge in [-0.1, -0.05) is 27.7 Å². The molecule has 0 aromatic rings. The normalized spacial score (nSPS) is 26.8. The van der Waals surface area contributed by atoms with E-state index in [0.29, 0.717) is 5.92 Å². The molecule has 0 radical (unpaired) electrons. The molecule has 2 aliphatic rings. The molecule has 0 bridgehead atoms. The third kappa shape index (κ3) is 2.25. The van der Waals surface area contributed by atoms with Crippen molar-refractivity contribution >= 4 is 11.8 Å². The topological polar surface area (TPSA) is 49.4 Å². The van der Waals surface area contributed by atoms with Crippen molar-refractivity contribution in [2.24, 2.45) is 17.3 Å². The van der Waals surface area contributed by atoms with Gasteiger partial charge in [0.05, 0.1) is 6.54 Å². The average Bonchev–Trinajstić information content (AvgIpc) is 3.04. The van der Waals surface area contributed by atoms with Crippen molar-refractivity contribution in [2.45, 2.75) is 46.6 Å². The van der Waals surface area contributed by atoms with Crippen LogP contribution in [0.3, 0.4) is 0 Å². The average molecular weight is 252 g/mol. The van der Waals surface area contributed by atoms with Crippen molar-refractivity contribution in [3.8, 4) is 0 Å². The maximum atomic E-state index is 12.1. The summed E-state index contributed by atoms with van der Waals surface area (Å²) in [5.74, 6) is 0.810. The van der Waals surface area contributed by atoms with E-state index in [1.165, 1.54) is 12.8 Å². The largest absolute Gasteiger partial charge is 0.345 e. The number of piperazine rings is 1. The number of carbonyl (C=O) groups excluding carboxylic acids is 2. The Morgan fingerprint density at radius 3 is 2.33 bits per heavy atom. The van der Waals surface area contributed by atoms with Crippen LogP contribution in [0.25, 0.3) is 0 Å². The van der Waals surface area contributed by atoms with Crippen molar-refractivity contribution in [1.82, 2.24) is 10.2 Å². The molecule has 0 spiro atoms. The van der Waals surface area contributed by atoms with Gasteiger partial charge in [0.15, 0.2) is 0 Å². The first-order valence-electron chi connectivity index (χ1n) is 6.94. The number of hydrogen-bond acceptors (Lipinski definition) is 2. The summed E-state index contributed by atoms with van der Waals surface area (Å²) in [7, 11) is 0. The highest BCUT2D eigenvalue weighted by atomic mass is 16.2. The van der Waals surface area contributed by atoms with Gasteiger partial charge in [-0.2, -0.15) is 0 Å². The molecule has 18 heavy (non-hydrogen) atoms. The summed E-state index contributed by atoms with van der Waals surface area (Å²) in [5.41, 5.74) is 0.264. The van der Waals surface area contributed by atoms with Crippen LogP contribution in [-0.2, 0) is 9.59 Å². The Bertz CT molecular complexity index is 359. The molecule has 2 amide bonds. The van der Waals surface area contributed by atoms with Crippen LogP contribution >= 0.6 is 0 Å². The minimum Gasteiger partial charge on any atom is -0.345 e. The quantitative estimate of drug-likeness (QED) is 0.822. The van der Waals surface area contributed by atoms with E-state index in [1.807, 2.05) is 18.7 Å². The van der Waals surface area contributed by atoms with E-state index in [-0.39, 0.29) is 35.7 Å². The van der Waals surface area contributed by atoms with Gasteiger partial charge in [-0.25, -0.2) is 0 Å². The maximum Gasteiger partial charge on any atom is 0.243 e. The standard InChI is InChI=1S/C14H24N2O2/c1-9(2)12-13(18)15-7-11(17)16(12)8-14(5-6-14)10(3)4/h9-10,12H,5-8H2,1-4H3,(H,15,18). The van der Waals surface area contributed by atoms with Crippen LogP contribution in [0.4, 0.5) is 0 Å². The van der Waals surface area contributed by atoms with Gasteiger partial charge < -0.3 is 10.2 Å². The van der Waals surface area contributed by atoms with E-state index >= 15 is 0 Å². The first-order chi connectivity index (χ1) is 8.37. The van der Waals surface area contributed by atoms with Crippen LogP contribution in [0.5, 0.6) is 0 Å². The predicted octanol–water partition coefficient (Wildman–Crippen LogP) is 1.41. The molecular formula is C14H24N2O2. The SMILES string of the molecule is CC(C)C1C(=O)NCC(=O)N1CC1(C(C)C)CC1. The molecule has 1 N–H and O–H groups in total. The molecule has 1 atom stereocenters. The zero-order valence-electron chi connectivity index (χ0n) is 11.8. The smallest absolute Gasteiger partial charge is 0.243 e. The Labute approximate surface area is 109 Å². The fraction of sp³-hybridized carbons (Fsp3) is 0.857. The molecule has 0 aromatic carbocycles. The second kappa shape index (κ2) is 4.56. The number of rotatable bonds is 4. The summed E-state index contributed by atoms with van der Waals surface area (Å²) < 4.78 is 0. The van der Waals surface area contributed by atoms with Crippen LogP contribution in [0, 0.1) is 17.3 Å². The molecule has 1 aliphatic carbocycles. The van der Waals surface area contributed by atoms with E-state index < -0.39 is 0 Å².